The fourth-order valence-electron chi connectivity index (χ4n) is 1.78. The normalized spacial score (nSPS) is 11.4. The average molecular weight is 264 g/mol. The molecule has 0 fully saturated rings. The molecule has 0 amide bonds. The van der Waals surface area contributed by atoms with Crippen LogP contribution in [-0.4, -0.2) is 13.0 Å². The lowest BCUT2D eigenvalue weighted by atomic mass is 10.0. The quantitative estimate of drug-likeness (QED) is 0.566. The summed E-state index contributed by atoms with van der Waals surface area (Å²) in [5.41, 5.74) is 12.7. The van der Waals surface area contributed by atoms with Gasteiger partial charge in [-0.15, -0.1) is 0 Å². The Kier molecular flexibility index (Phi) is 2.98. The summed E-state index contributed by atoms with van der Waals surface area (Å²) in [7, 11) is -4.39. The molecule has 2 aromatic carbocycles. The van der Waals surface area contributed by atoms with Gasteiger partial charge in [0.15, 0.2) is 0 Å². The first-order valence-electron chi connectivity index (χ1n) is 5.11. The highest BCUT2D eigenvalue weighted by Crippen LogP contribution is 2.32. The summed E-state index contributed by atoms with van der Waals surface area (Å²) in [4.78, 5) is -0.296. The van der Waals surface area contributed by atoms with Crippen LogP contribution in [0.1, 0.15) is 0 Å². The molecule has 0 bridgehead atoms. The fraction of sp³-hybridized carbons (Fsp3) is 0. The van der Waals surface area contributed by atoms with Crippen molar-refractivity contribution >= 4 is 21.5 Å². The summed E-state index contributed by atoms with van der Waals surface area (Å²) in [6, 6.07) is 11.3. The van der Waals surface area contributed by atoms with Crippen LogP contribution in [0, 0.1) is 0 Å². The molecule has 0 radical (unpaired) electrons. The average Bonchev–Trinajstić information content (AvgIpc) is 2.27. The van der Waals surface area contributed by atoms with E-state index in [0.29, 0.717) is 16.8 Å². The minimum atomic E-state index is -4.39. The Morgan fingerprint density at radius 2 is 1.67 bits per heavy atom. The van der Waals surface area contributed by atoms with Gasteiger partial charge in [-0.25, -0.2) is 0 Å². The predicted octanol–water partition coefficient (Wildman–Crippen LogP) is 1.76. The maximum Gasteiger partial charge on any atom is 0.297 e. The van der Waals surface area contributed by atoms with Gasteiger partial charge in [-0.05, 0) is 23.8 Å². The molecule has 0 heterocycles. The Balaban J connectivity index is 2.77. The van der Waals surface area contributed by atoms with E-state index in [1.165, 1.54) is 6.07 Å². The molecular weight excluding hydrogens is 252 g/mol. The summed E-state index contributed by atoms with van der Waals surface area (Å²) in [5.74, 6) is 0. The summed E-state index contributed by atoms with van der Waals surface area (Å²) in [6.07, 6.45) is 0. The van der Waals surface area contributed by atoms with Gasteiger partial charge in [0, 0.05) is 11.3 Å². The van der Waals surface area contributed by atoms with Gasteiger partial charge in [-0.2, -0.15) is 8.42 Å². The van der Waals surface area contributed by atoms with Crippen LogP contribution in [0.2, 0.25) is 0 Å². The molecule has 6 heteroatoms. The van der Waals surface area contributed by atoms with E-state index in [4.69, 9.17) is 11.5 Å². The second-order valence-electron chi connectivity index (χ2n) is 3.82. The zero-order valence-electron chi connectivity index (χ0n) is 9.37. The van der Waals surface area contributed by atoms with E-state index in [-0.39, 0.29) is 10.6 Å². The lowest BCUT2D eigenvalue weighted by Crippen LogP contribution is -2.05. The second-order valence-corrected chi connectivity index (χ2v) is 5.18. The zero-order chi connectivity index (χ0) is 13.3. The van der Waals surface area contributed by atoms with Crippen molar-refractivity contribution in [1.29, 1.82) is 0 Å². The smallest absolute Gasteiger partial charge is 0.297 e. The molecule has 0 unspecified atom stereocenters. The van der Waals surface area contributed by atoms with Crippen LogP contribution in [0.15, 0.2) is 47.4 Å². The van der Waals surface area contributed by atoms with Crippen molar-refractivity contribution in [3.05, 3.63) is 42.5 Å². The Morgan fingerprint density at radius 1 is 1.00 bits per heavy atom. The van der Waals surface area contributed by atoms with Crippen LogP contribution in [0.4, 0.5) is 11.4 Å². The highest BCUT2D eigenvalue weighted by Gasteiger charge is 2.19. The van der Waals surface area contributed by atoms with Gasteiger partial charge in [-0.3, -0.25) is 4.55 Å². The largest absolute Gasteiger partial charge is 0.399 e. The summed E-state index contributed by atoms with van der Waals surface area (Å²) in [5, 5.41) is 0. The molecule has 5 N–H and O–H groups in total. The van der Waals surface area contributed by atoms with E-state index < -0.39 is 10.1 Å². The molecule has 2 aromatic rings. The third-order valence-electron chi connectivity index (χ3n) is 2.50. The maximum absolute atomic E-state index is 11.4. The van der Waals surface area contributed by atoms with Crippen molar-refractivity contribution in [2.24, 2.45) is 0 Å². The summed E-state index contributed by atoms with van der Waals surface area (Å²) < 4.78 is 32.0. The number of nitrogen functional groups attached to an aromatic ring is 2. The van der Waals surface area contributed by atoms with Crippen molar-refractivity contribution in [2.45, 2.75) is 4.90 Å². The van der Waals surface area contributed by atoms with E-state index in [2.05, 4.69) is 0 Å². The van der Waals surface area contributed by atoms with E-state index in [9.17, 15) is 13.0 Å². The number of anilines is 2. The highest BCUT2D eigenvalue weighted by molar-refractivity contribution is 7.86. The molecule has 0 spiro atoms. The first-order valence-corrected chi connectivity index (χ1v) is 6.55. The van der Waals surface area contributed by atoms with Crippen molar-refractivity contribution in [3.63, 3.8) is 0 Å². The van der Waals surface area contributed by atoms with Gasteiger partial charge < -0.3 is 11.5 Å². The summed E-state index contributed by atoms with van der Waals surface area (Å²) in [6.45, 7) is 0. The number of hydrogen-bond donors (Lipinski definition) is 3. The van der Waals surface area contributed by atoms with Crippen LogP contribution >= 0.6 is 0 Å². The number of rotatable bonds is 2. The molecular formula is C12H12N2O3S. The van der Waals surface area contributed by atoms with Gasteiger partial charge in [-0.1, -0.05) is 24.3 Å². The van der Waals surface area contributed by atoms with Crippen molar-refractivity contribution in [2.75, 3.05) is 11.5 Å². The van der Waals surface area contributed by atoms with Crippen LogP contribution < -0.4 is 11.5 Å². The number of hydrogen-bond acceptors (Lipinski definition) is 4. The molecule has 0 aliphatic rings. The van der Waals surface area contributed by atoms with Gasteiger partial charge in [0.05, 0.1) is 5.69 Å². The topological polar surface area (TPSA) is 106 Å². The Morgan fingerprint density at radius 3 is 2.28 bits per heavy atom. The van der Waals surface area contributed by atoms with Crippen molar-refractivity contribution in [1.82, 2.24) is 0 Å². The molecule has 0 aliphatic heterocycles. The fourth-order valence-corrected chi connectivity index (χ4v) is 2.61. The number of benzene rings is 2. The van der Waals surface area contributed by atoms with Crippen molar-refractivity contribution < 1.29 is 13.0 Å². The van der Waals surface area contributed by atoms with E-state index in [0.717, 1.165) is 0 Å². The van der Waals surface area contributed by atoms with Gasteiger partial charge in [0.2, 0.25) is 0 Å². The lowest BCUT2D eigenvalue weighted by Gasteiger charge is -2.10. The minimum Gasteiger partial charge on any atom is -0.399 e. The first kappa shape index (κ1) is 12.4. The molecule has 5 nitrogen and oxygen atoms in total. The minimum absolute atomic E-state index is 0.00238. The monoisotopic (exact) mass is 264 g/mol. The maximum atomic E-state index is 11.4. The number of nitrogens with two attached hydrogens (primary N) is 2. The Labute approximate surface area is 105 Å². The molecule has 0 aromatic heterocycles. The van der Waals surface area contributed by atoms with Gasteiger partial charge >= 0.3 is 0 Å². The van der Waals surface area contributed by atoms with Gasteiger partial charge in [0.25, 0.3) is 10.1 Å². The van der Waals surface area contributed by atoms with Crippen LogP contribution in [-0.2, 0) is 10.1 Å². The molecule has 0 saturated heterocycles. The molecule has 0 atom stereocenters. The van der Waals surface area contributed by atoms with Crippen LogP contribution in [0.5, 0.6) is 0 Å². The molecule has 2 rings (SSSR count). The Hall–Kier alpha value is -2.05. The second kappa shape index (κ2) is 4.32. The lowest BCUT2D eigenvalue weighted by molar-refractivity contribution is 0.484. The SMILES string of the molecule is Nc1cccc(-c2cccc(N)c2S(=O)(=O)O)c1. The highest BCUT2D eigenvalue weighted by atomic mass is 32.2. The van der Waals surface area contributed by atoms with Gasteiger partial charge in [0.1, 0.15) is 4.90 Å². The molecule has 18 heavy (non-hydrogen) atoms. The van der Waals surface area contributed by atoms with E-state index >= 15 is 0 Å². The van der Waals surface area contributed by atoms with Crippen LogP contribution in [0.3, 0.4) is 0 Å². The van der Waals surface area contributed by atoms with E-state index in [1.54, 1.807) is 36.4 Å². The van der Waals surface area contributed by atoms with Crippen molar-refractivity contribution in [3.8, 4) is 11.1 Å². The first-order chi connectivity index (χ1) is 8.39. The molecule has 0 saturated carbocycles. The standard InChI is InChI=1S/C12H12N2O3S/c13-9-4-1-3-8(7-9)10-5-2-6-11(14)12(10)18(15,16)17/h1-7H,13-14H2,(H,15,16,17). The van der Waals surface area contributed by atoms with E-state index in [1.807, 2.05) is 0 Å². The predicted molar refractivity (Wildman–Crippen MR) is 70.5 cm³/mol. The van der Waals surface area contributed by atoms with Crippen LogP contribution in [0.25, 0.3) is 11.1 Å². The Bertz CT molecular complexity index is 696. The third kappa shape index (κ3) is 2.29. The zero-order valence-corrected chi connectivity index (χ0v) is 10.2. The molecule has 94 valence electrons. The third-order valence-corrected chi connectivity index (χ3v) is 3.47. The summed E-state index contributed by atoms with van der Waals surface area (Å²) >= 11 is 0. The molecule has 0 aliphatic carbocycles.